The first kappa shape index (κ1) is 18.7. The first-order chi connectivity index (χ1) is 13.1. The van der Waals surface area contributed by atoms with E-state index in [1.807, 2.05) is 6.07 Å². The van der Waals surface area contributed by atoms with Gasteiger partial charge in [0.25, 0.3) is 11.8 Å². The van der Waals surface area contributed by atoms with E-state index in [4.69, 9.17) is 14.2 Å². The van der Waals surface area contributed by atoms with Crippen molar-refractivity contribution in [3.05, 3.63) is 52.0 Å². The van der Waals surface area contributed by atoms with Crippen LogP contribution in [-0.4, -0.2) is 38.5 Å². The summed E-state index contributed by atoms with van der Waals surface area (Å²) in [6, 6.07) is 10.2. The fourth-order valence-electron chi connectivity index (χ4n) is 2.32. The van der Waals surface area contributed by atoms with Crippen LogP contribution in [0.3, 0.4) is 0 Å². The third-order valence-corrected chi connectivity index (χ3v) is 4.12. The van der Waals surface area contributed by atoms with E-state index in [0.717, 1.165) is 4.47 Å². The molecule has 0 radical (unpaired) electrons. The monoisotopic (exact) mass is 433 g/mol. The first-order valence-corrected chi connectivity index (χ1v) is 8.69. The van der Waals surface area contributed by atoms with E-state index in [0.29, 0.717) is 28.4 Å². The Morgan fingerprint density at radius 3 is 2.85 bits per heavy atom. The van der Waals surface area contributed by atoms with Crippen molar-refractivity contribution in [3.63, 3.8) is 0 Å². The molecule has 0 fully saturated rings. The molecule has 2 N–H and O–H groups in total. The summed E-state index contributed by atoms with van der Waals surface area (Å²) >= 11 is 3.36. The SMILES string of the molecule is COc1ccc(Br)cc1/C=N/NC(=O)CNC(=O)c1ccc2c(c1)OCO2. The average Bonchev–Trinajstić information content (AvgIpc) is 3.14. The maximum Gasteiger partial charge on any atom is 0.259 e. The van der Waals surface area contributed by atoms with Crippen LogP contribution in [0.15, 0.2) is 46.0 Å². The van der Waals surface area contributed by atoms with Crippen molar-refractivity contribution in [3.8, 4) is 17.2 Å². The summed E-state index contributed by atoms with van der Waals surface area (Å²) in [5.41, 5.74) is 3.41. The van der Waals surface area contributed by atoms with Gasteiger partial charge in [0.15, 0.2) is 11.5 Å². The van der Waals surface area contributed by atoms with Gasteiger partial charge in [0.1, 0.15) is 5.75 Å². The molecule has 0 aromatic heterocycles. The van der Waals surface area contributed by atoms with Crippen LogP contribution in [0.25, 0.3) is 0 Å². The fourth-order valence-corrected chi connectivity index (χ4v) is 2.70. The minimum atomic E-state index is -0.464. The second-order valence-corrected chi connectivity index (χ2v) is 6.35. The Morgan fingerprint density at radius 1 is 1.22 bits per heavy atom. The van der Waals surface area contributed by atoms with Crippen molar-refractivity contribution in [2.24, 2.45) is 5.10 Å². The van der Waals surface area contributed by atoms with Crippen LogP contribution in [0.5, 0.6) is 17.2 Å². The zero-order chi connectivity index (χ0) is 19.2. The summed E-state index contributed by atoms with van der Waals surface area (Å²) in [5, 5.41) is 6.39. The Hall–Kier alpha value is -3.07. The van der Waals surface area contributed by atoms with E-state index < -0.39 is 11.8 Å². The normalized spacial score (nSPS) is 12.1. The van der Waals surface area contributed by atoms with Crippen molar-refractivity contribution < 1.29 is 23.8 Å². The predicted octanol–water partition coefficient (Wildman–Crippen LogP) is 2.07. The maximum absolute atomic E-state index is 12.1. The highest BCUT2D eigenvalue weighted by atomic mass is 79.9. The highest BCUT2D eigenvalue weighted by Gasteiger charge is 2.16. The second-order valence-electron chi connectivity index (χ2n) is 5.43. The first-order valence-electron chi connectivity index (χ1n) is 7.90. The summed E-state index contributed by atoms with van der Waals surface area (Å²) in [7, 11) is 1.55. The third-order valence-electron chi connectivity index (χ3n) is 3.63. The van der Waals surface area contributed by atoms with E-state index in [1.165, 1.54) is 6.21 Å². The van der Waals surface area contributed by atoms with Crippen molar-refractivity contribution in [1.29, 1.82) is 0 Å². The molecule has 2 aromatic carbocycles. The predicted molar refractivity (Wildman–Crippen MR) is 101 cm³/mol. The van der Waals surface area contributed by atoms with E-state index in [1.54, 1.807) is 37.4 Å². The number of rotatable bonds is 6. The van der Waals surface area contributed by atoms with Gasteiger partial charge in [0, 0.05) is 15.6 Å². The van der Waals surface area contributed by atoms with Gasteiger partial charge in [-0.25, -0.2) is 5.43 Å². The molecule has 9 heteroatoms. The smallest absolute Gasteiger partial charge is 0.259 e. The fraction of sp³-hybridized carbons (Fsp3) is 0.167. The molecule has 0 saturated heterocycles. The molecular formula is C18H16BrN3O5. The summed E-state index contributed by atoms with van der Waals surface area (Å²) < 4.78 is 16.5. The topological polar surface area (TPSA) is 98.2 Å². The molecule has 140 valence electrons. The Labute approximate surface area is 163 Å². The second kappa shape index (κ2) is 8.54. The van der Waals surface area contributed by atoms with Crippen LogP contribution in [-0.2, 0) is 4.79 Å². The number of ether oxygens (including phenoxy) is 3. The van der Waals surface area contributed by atoms with Crippen LogP contribution >= 0.6 is 15.9 Å². The average molecular weight is 434 g/mol. The van der Waals surface area contributed by atoms with Gasteiger partial charge in [-0.05, 0) is 36.4 Å². The summed E-state index contributed by atoms with van der Waals surface area (Å²) in [6.07, 6.45) is 1.46. The molecule has 1 aliphatic rings. The highest BCUT2D eigenvalue weighted by Crippen LogP contribution is 2.32. The third kappa shape index (κ3) is 4.76. The standard InChI is InChI=1S/C18H16BrN3O5/c1-25-14-5-3-13(19)6-12(14)8-21-22-17(23)9-20-18(24)11-2-4-15-16(7-11)27-10-26-15/h2-8H,9-10H2,1H3,(H,20,24)(H,22,23)/b21-8+. The van der Waals surface area contributed by atoms with Crippen LogP contribution in [0.1, 0.15) is 15.9 Å². The molecule has 27 heavy (non-hydrogen) atoms. The Bertz CT molecular complexity index is 901. The van der Waals surface area contributed by atoms with Gasteiger partial charge in [0.05, 0.1) is 19.9 Å². The number of hydrazone groups is 1. The van der Waals surface area contributed by atoms with Gasteiger partial charge in [-0.3, -0.25) is 9.59 Å². The Morgan fingerprint density at radius 2 is 2.04 bits per heavy atom. The number of benzene rings is 2. The highest BCUT2D eigenvalue weighted by molar-refractivity contribution is 9.10. The summed E-state index contributed by atoms with van der Waals surface area (Å²) in [4.78, 5) is 24.0. The lowest BCUT2D eigenvalue weighted by Gasteiger charge is -2.06. The van der Waals surface area contributed by atoms with Crippen molar-refractivity contribution in [2.75, 3.05) is 20.4 Å². The number of methoxy groups -OCH3 is 1. The van der Waals surface area contributed by atoms with E-state index >= 15 is 0 Å². The summed E-state index contributed by atoms with van der Waals surface area (Å²) in [5.74, 6) is 0.837. The van der Waals surface area contributed by atoms with Crippen molar-refractivity contribution >= 4 is 34.0 Å². The Balaban J connectivity index is 1.51. The molecule has 1 aliphatic heterocycles. The van der Waals surface area contributed by atoms with Crippen molar-refractivity contribution in [2.45, 2.75) is 0 Å². The van der Waals surface area contributed by atoms with Gasteiger partial charge in [-0.15, -0.1) is 0 Å². The molecule has 0 bridgehead atoms. The number of carbonyl (C=O) groups is 2. The van der Waals surface area contributed by atoms with Gasteiger partial charge in [0.2, 0.25) is 6.79 Å². The van der Waals surface area contributed by atoms with Gasteiger partial charge in [-0.1, -0.05) is 15.9 Å². The van der Waals surface area contributed by atoms with Gasteiger partial charge < -0.3 is 19.5 Å². The molecule has 0 saturated carbocycles. The molecule has 2 amide bonds. The molecule has 3 rings (SSSR count). The number of nitrogens with zero attached hydrogens (tertiary/aromatic N) is 1. The molecule has 0 aliphatic carbocycles. The molecule has 8 nitrogen and oxygen atoms in total. The van der Waals surface area contributed by atoms with Gasteiger partial charge in [-0.2, -0.15) is 5.10 Å². The van der Waals surface area contributed by atoms with Crippen LogP contribution in [0.2, 0.25) is 0 Å². The molecule has 0 unspecified atom stereocenters. The van der Waals surface area contributed by atoms with E-state index in [2.05, 4.69) is 31.8 Å². The number of carbonyl (C=O) groups excluding carboxylic acids is 2. The van der Waals surface area contributed by atoms with Crippen LogP contribution in [0, 0.1) is 0 Å². The lowest BCUT2D eigenvalue weighted by Crippen LogP contribution is -2.34. The zero-order valence-corrected chi connectivity index (χ0v) is 15.9. The number of amides is 2. The van der Waals surface area contributed by atoms with Crippen LogP contribution < -0.4 is 25.0 Å². The number of halogens is 1. The van der Waals surface area contributed by atoms with E-state index in [9.17, 15) is 9.59 Å². The maximum atomic E-state index is 12.1. The molecule has 1 heterocycles. The number of nitrogens with one attached hydrogen (secondary N) is 2. The minimum Gasteiger partial charge on any atom is -0.496 e. The number of hydrogen-bond acceptors (Lipinski definition) is 6. The number of hydrogen-bond donors (Lipinski definition) is 2. The number of fused-ring (bicyclic) bond motifs is 1. The quantitative estimate of drug-likeness (QED) is 0.536. The molecule has 0 atom stereocenters. The minimum absolute atomic E-state index is 0.129. The zero-order valence-electron chi connectivity index (χ0n) is 14.3. The summed E-state index contributed by atoms with van der Waals surface area (Å²) in [6.45, 7) is -0.0934. The lowest BCUT2D eigenvalue weighted by atomic mass is 10.2. The Kier molecular flexibility index (Phi) is 5.92. The van der Waals surface area contributed by atoms with Crippen molar-refractivity contribution in [1.82, 2.24) is 10.7 Å². The largest absolute Gasteiger partial charge is 0.496 e. The van der Waals surface area contributed by atoms with Gasteiger partial charge >= 0.3 is 0 Å². The lowest BCUT2D eigenvalue weighted by molar-refractivity contribution is -0.120. The molecular weight excluding hydrogens is 418 g/mol. The van der Waals surface area contributed by atoms with Crippen LogP contribution in [0.4, 0.5) is 0 Å². The van der Waals surface area contributed by atoms with E-state index in [-0.39, 0.29) is 13.3 Å². The molecule has 2 aromatic rings. The molecule has 0 spiro atoms.